The molecule has 2 bridgehead atoms. The van der Waals surface area contributed by atoms with E-state index in [1.54, 1.807) is 0 Å². The van der Waals surface area contributed by atoms with Crippen LogP contribution in [-0.4, -0.2) is 100 Å². The number of morpholine rings is 1. The summed E-state index contributed by atoms with van der Waals surface area (Å²) in [6.45, 7) is 9.08. The molecule has 1 saturated carbocycles. The predicted molar refractivity (Wildman–Crippen MR) is 180 cm³/mol. The number of benzene rings is 2. The Balaban J connectivity index is 1.22. The number of nitrogens with zero attached hydrogens (tertiary/aromatic N) is 6. The molecule has 2 aromatic carbocycles. The molecule has 4 fully saturated rings. The van der Waals surface area contributed by atoms with Gasteiger partial charge in [0.2, 0.25) is 5.91 Å². The third-order valence-electron chi connectivity index (χ3n) is 10.4. The van der Waals surface area contributed by atoms with Crippen LogP contribution in [-0.2, 0) is 9.53 Å². The number of phenols is 1. The van der Waals surface area contributed by atoms with Crippen LogP contribution < -0.4 is 9.64 Å². The highest BCUT2D eigenvalue weighted by atomic mass is 19.1. The molecule has 1 N–H and O–H groups in total. The number of anilines is 1. The van der Waals surface area contributed by atoms with E-state index in [4.69, 9.17) is 20.9 Å². The fourth-order valence-corrected chi connectivity index (χ4v) is 7.79. The third-order valence-corrected chi connectivity index (χ3v) is 10.4. The number of carbonyl (C=O) groups is 1. The first kappa shape index (κ1) is 31.4. The zero-order valence-corrected chi connectivity index (χ0v) is 27.0. The van der Waals surface area contributed by atoms with Crippen molar-refractivity contribution in [2.75, 3.05) is 57.4 Å². The lowest BCUT2D eigenvalue weighted by Crippen LogP contribution is -2.55. The van der Waals surface area contributed by atoms with Gasteiger partial charge in [0, 0.05) is 67.4 Å². The number of phenolic OH excluding ortho intramolecular Hbond substituents is 1. The van der Waals surface area contributed by atoms with Gasteiger partial charge in [-0.3, -0.25) is 14.7 Å². The van der Waals surface area contributed by atoms with Crippen molar-refractivity contribution in [1.82, 2.24) is 24.8 Å². The van der Waals surface area contributed by atoms with Gasteiger partial charge >= 0.3 is 6.01 Å². The predicted octanol–water partition coefficient (Wildman–Crippen LogP) is 4.67. The second kappa shape index (κ2) is 12.2. The number of piperazine rings is 1. The largest absolute Gasteiger partial charge is 0.508 e. The van der Waals surface area contributed by atoms with E-state index in [0.29, 0.717) is 49.5 Å². The molecule has 1 aliphatic carbocycles. The quantitative estimate of drug-likeness (QED) is 0.212. The summed E-state index contributed by atoms with van der Waals surface area (Å²) >= 11 is 0. The van der Waals surface area contributed by atoms with Gasteiger partial charge in [0.1, 0.15) is 28.6 Å². The second-order valence-corrected chi connectivity index (χ2v) is 13.6. The minimum absolute atomic E-state index is 0.0184. The molecule has 2 unspecified atom stereocenters. The monoisotopic (exact) mass is 666 g/mol. The van der Waals surface area contributed by atoms with Crippen molar-refractivity contribution in [2.24, 2.45) is 5.41 Å². The molecule has 5 heterocycles. The maximum atomic E-state index is 16.9. The lowest BCUT2D eigenvalue weighted by molar-refractivity contribution is -0.129. The molecule has 2 atom stereocenters. The van der Waals surface area contributed by atoms with Gasteiger partial charge in [0.25, 0.3) is 0 Å². The van der Waals surface area contributed by atoms with E-state index in [0.717, 1.165) is 45.3 Å². The zero-order valence-electron chi connectivity index (χ0n) is 27.0. The first-order chi connectivity index (χ1) is 23.8. The van der Waals surface area contributed by atoms with Crippen LogP contribution in [0, 0.1) is 29.4 Å². The Labute approximate surface area is 282 Å². The molecular weight excluding hydrogens is 630 g/mol. The van der Waals surface area contributed by atoms with Gasteiger partial charge in [-0.1, -0.05) is 18.6 Å². The Morgan fingerprint density at radius 3 is 2.61 bits per heavy atom. The van der Waals surface area contributed by atoms with E-state index >= 15 is 4.39 Å². The van der Waals surface area contributed by atoms with Gasteiger partial charge in [-0.25, -0.2) is 8.78 Å². The molecule has 8 rings (SSSR count). The molecule has 10 nitrogen and oxygen atoms in total. The Morgan fingerprint density at radius 1 is 1.16 bits per heavy atom. The number of aromatic nitrogens is 3. The fourth-order valence-electron chi connectivity index (χ4n) is 7.79. The van der Waals surface area contributed by atoms with E-state index in [1.165, 1.54) is 36.5 Å². The minimum atomic E-state index is -0.775. The van der Waals surface area contributed by atoms with Gasteiger partial charge < -0.3 is 24.4 Å². The highest BCUT2D eigenvalue weighted by Gasteiger charge is 2.46. The maximum Gasteiger partial charge on any atom is 0.319 e. The molecule has 3 saturated heterocycles. The average molecular weight is 667 g/mol. The fraction of sp³-hybridized carbons (Fsp3) is 0.405. The van der Waals surface area contributed by atoms with E-state index in [9.17, 15) is 14.3 Å². The molecule has 0 radical (unpaired) electrons. The number of rotatable bonds is 8. The lowest BCUT2D eigenvalue weighted by Gasteiger charge is -2.41. The summed E-state index contributed by atoms with van der Waals surface area (Å²) in [5.41, 5.74) is -0.113. The topological polar surface area (TPSA) is 104 Å². The number of hydrogen-bond acceptors (Lipinski definition) is 9. The van der Waals surface area contributed by atoms with Crippen LogP contribution in [0.25, 0.3) is 32.9 Å². The number of pyridine rings is 1. The molecular formula is C37H36F2N6O4. The Morgan fingerprint density at radius 2 is 1.92 bits per heavy atom. The summed E-state index contributed by atoms with van der Waals surface area (Å²) in [6.07, 6.45) is 12.2. The number of hydrogen-bond donors (Lipinski definition) is 1. The molecule has 12 heteroatoms. The number of aromatic hydroxyl groups is 1. The van der Waals surface area contributed by atoms with Crippen molar-refractivity contribution in [3.8, 4) is 35.4 Å². The van der Waals surface area contributed by atoms with Crippen molar-refractivity contribution in [3.05, 3.63) is 60.3 Å². The Bertz CT molecular complexity index is 2030. The zero-order chi connectivity index (χ0) is 33.9. The van der Waals surface area contributed by atoms with Crippen molar-refractivity contribution >= 4 is 33.4 Å². The summed E-state index contributed by atoms with van der Waals surface area (Å²) < 4.78 is 43.6. The maximum absolute atomic E-state index is 16.9. The van der Waals surface area contributed by atoms with Crippen molar-refractivity contribution in [2.45, 2.75) is 37.8 Å². The summed E-state index contributed by atoms with van der Waals surface area (Å²) in [6, 6.07) is 5.42. The summed E-state index contributed by atoms with van der Waals surface area (Å²) in [4.78, 5) is 33.0. The minimum Gasteiger partial charge on any atom is -0.508 e. The normalized spacial score (nSPS) is 21.6. The van der Waals surface area contributed by atoms with Crippen LogP contribution in [0.1, 0.15) is 31.2 Å². The van der Waals surface area contributed by atoms with Crippen LogP contribution in [0.15, 0.2) is 43.1 Å². The van der Waals surface area contributed by atoms with Crippen LogP contribution >= 0.6 is 0 Å². The highest BCUT2D eigenvalue weighted by molar-refractivity contribution is 6.03. The third kappa shape index (κ3) is 5.60. The van der Waals surface area contributed by atoms with Crippen LogP contribution in [0.2, 0.25) is 0 Å². The van der Waals surface area contributed by atoms with Crippen molar-refractivity contribution in [1.29, 1.82) is 0 Å². The van der Waals surface area contributed by atoms with Crippen molar-refractivity contribution in [3.63, 3.8) is 0 Å². The number of amides is 1. The van der Waals surface area contributed by atoms with E-state index in [1.807, 2.05) is 4.90 Å². The van der Waals surface area contributed by atoms with E-state index in [-0.39, 0.29) is 62.9 Å². The van der Waals surface area contributed by atoms with Gasteiger partial charge in [0.05, 0.1) is 30.8 Å². The average Bonchev–Trinajstić information content (AvgIpc) is 3.82. The molecule has 1 amide bonds. The number of terminal acetylenes is 1. The van der Waals surface area contributed by atoms with Gasteiger partial charge in [-0.05, 0) is 55.3 Å². The number of ether oxygens (including phenoxy) is 2. The molecule has 2 aromatic heterocycles. The van der Waals surface area contributed by atoms with E-state index < -0.39 is 11.6 Å². The van der Waals surface area contributed by atoms with Crippen LogP contribution in [0.3, 0.4) is 0 Å². The first-order valence-corrected chi connectivity index (χ1v) is 16.7. The lowest BCUT2D eigenvalue weighted by atomic mass is 9.96. The molecule has 0 spiro atoms. The summed E-state index contributed by atoms with van der Waals surface area (Å²) in [5.74, 6) is 1.18. The SMILES string of the molecule is C#Cc1c(F)ccc2cc(O)cc(-c3ncc4c(N5CC6CCC(C5)N6C(=O)C=C)nc(OCC5(CN6CCOCC6)CC5)nc4c3F)c12. The summed E-state index contributed by atoms with van der Waals surface area (Å²) in [7, 11) is 0. The van der Waals surface area contributed by atoms with E-state index in [2.05, 4.69) is 32.3 Å². The second-order valence-electron chi connectivity index (χ2n) is 13.6. The Hall–Kier alpha value is -4.86. The van der Waals surface area contributed by atoms with Crippen molar-refractivity contribution < 1.29 is 28.2 Å². The van der Waals surface area contributed by atoms with Gasteiger partial charge in [-0.2, -0.15) is 9.97 Å². The smallest absolute Gasteiger partial charge is 0.319 e. The van der Waals surface area contributed by atoms with Gasteiger partial charge in [-0.15, -0.1) is 6.42 Å². The van der Waals surface area contributed by atoms with Gasteiger partial charge in [0.15, 0.2) is 5.82 Å². The molecule has 4 aliphatic rings. The standard InChI is InChI=1S/C37H36F2N6O4/c1-3-26-29(38)8-5-22-15-25(46)16-27(31(22)26)33-32(39)34-28(17-40-33)35(44-18-23-6-7-24(19-44)45(23)30(47)4-2)42-36(41-34)49-21-37(9-10-37)20-43-11-13-48-14-12-43/h1,4-5,8,15-17,23-24,46H,2,6-7,9-14,18-21H2. The first-order valence-electron chi connectivity index (χ1n) is 16.7. The highest BCUT2D eigenvalue weighted by Crippen LogP contribution is 2.47. The van der Waals surface area contributed by atoms with Crippen LogP contribution in [0.4, 0.5) is 14.6 Å². The molecule has 252 valence electrons. The van der Waals surface area contributed by atoms with Crippen LogP contribution in [0.5, 0.6) is 11.8 Å². The molecule has 3 aliphatic heterocycles. The number of fused-ring (bicyclic) bond motifs is 4. The Kier molecular flexibility index (Phi) is 7.84. The molecule has 4 aromatic rings. The molecule has 49 heavy (non-hydrogen) atoms. The number of halogens is 2. The summed E-state index contributed by atoms with van der Waals surface area (Å²) in [5, 5.41) is 11.7. The number of carbonyl (C=O) groups excluding carboxylic acids is 1.